The minimum atomic E-state index is -0.278. The lowest BCUT2D eigenvalue weighted by molar-refractivity contribution is -0.123. The van der Waals surface area contributed by atoms with Gasteiger partial charge >= 0.3 is 0 Å². The normalized spacial score (nSPS) is 16.0. The number of carbonyl (C=O) groups excluding carboxylic acids is 2. The summed E-state index contributed by atoms with van der Waals surface area (Å²) in [6.45, 7) is 3.96. The zero-order valence-electron chi connectivity index (χ0n) is 14.4. The van der Waals surface area contributed by atoms with Crippen molar-refractivity contribution in [2.24, 2.45) is 0 Å². The summed E-state index contributed by atoms with van der Waals surface area (Å²) in [5.74, 6) is 0.133. The van der Waals surface area contributed by atoms with Crippen molar-refractivity contribution in [3.63, 3.8) is 0 Å². The number of halogens is 1. The number of benzene rings is 2. The molecule has 0 spiro atoms. The van der Waals surface area contributed by atoms with Gasteiger partial charge in [0.15, 0.2) is 0 Å². The molecule has 6 heteroatoms. The highest BCUT2D eigenvalue weighted by atomic mass is 32.2. The van der Waals surface area contributed by atoms with Crippen molar-refractivity contribution in [1.29, 1.82) is 0 Å². The molecule has 0 bridgehead atoms. The second kappa shape index (κ2) is 7.74. The number of hydrogen-bond donors (Lipinski definition) is 0. The van der Waals surface area contributed by atoms with E-state index in [1.165, 1.54) is 17.0 Å². The molecular weight excluding hydrogens is 353 g/mol. The van der Waals surface area contributed by atoms with Gasteiger partial charge in [-0.2, -0.15) is 0 Å². The highest BCUT2D eigenvalue weighted by molar-refractivity contribution is 8.18. The van der Waals surface area contributed by atoms with Gasteiger partial charge in [-0.3, -0.25) is 14.5 Å². The van der Waals surface area contributed by atoms with Crippen LogP contribution < -0.4 is 4.74 Å². The fraction of sp³-hybridized carbons (Fsp3) is 0.200. The molecule has 0 aromatic heterocycles. The Bertz CT molecular complexity index is 844. The van der Waals surface area contributed by atoms with Crippen molar-refractivity contribution in [3.05, 3.63) is 70.4 Å². The predicted molar refractivity (Wildman–Crippen MR) is 100 cm³/mol. The summed E-state index contributed by atoms with van der Waals surface area (Å²) in [6, 6.07) is 13.2. The standard InChI is InChI=1S/C20H18FNO3S/c1-13(2)22-19(23)18(26-20(22)24)11-14-5-9-17(10-6-14)25-12-15-3-7-16(21)8-4-15/h3-11,13H,12H2,1-2H3/b18-11-. The van der Waals surface area contributed by atoms with E-state index in [0.29, 0.717) is 17.3 Å². The summed E-state index contributed by atoms with van der Waals surface area (Å²) >= 11 is 0.954. The molecule has 1 saturated heterocycles. The molecule has 3 rings (SSSR count). The molecule has 26 heavy (non-hydrogen) atoms. The number of carbonyl (C=O) groups is 2. The summed E-state index contributed by atoms with van der Waals surface area (Å²) in [5.41, 5.74) is 1.69. The second-order valence-corrected chi connectivity index (χ2v) is 7.12. The number of hydrogen-bond acceptors (Lipinski definition) is 4. The van der Waals surface area contributed by atoms with Gasteiger partial charge in [0.25, 0.3) is 11.1 Å². The van der Waals surface area contributed by atoms with Crippen LogP contribution in [-0.2, 0) is 11.4 Å². The summed E-state index contributed by atoms with van der Waals surface area (Å²) in [6.07, 6.45) is 1.71. The molecule has 2 amide bonds. The third-order valence-corrected chi connectivity index (χ3v) is 4.72. The molecule has 0 unspecified atom stereocenters. The van der Waals surface area contributed by atoms with Crippen LogP contribution in [0.25, 0.3) is 6.08 Å². The van der Waals surface area contributed by atoms with Gasteiger partial charge in [0.2, 0.25) is 0 Å². The fourth-order valence-electron chi connectivity index (χ4n) is 2.48. The Morgan fingerprint density at radius 3 is 2.31 bits per heavy atom. The van der Waals surface area contributed by atoms with Crippen molar-refractivity contribution in [2.45, 2.75) is 26.5 Å². The Morgan fingerprint density at radius 1 is 1.08 bits per heavy atom. The van der Waals surface area contributed by atoms with Crippen molar-refractivity contribution in [3.8, 4) is 5.75 Å². The monoisotopic (exact) mass is 371 g/mol. The van der Waals surface area contributed by atoms with E-state index in [1.807, 2.05) is 26.0 Å². The van der Waals surface area contributed by atoms with Crippen LogP contribution in [0.15, 0.2) is 53.4 Å². The third kappa shape index (κ3) is 4.14. The summed E-state index contributed by atoms with van der Waals surface area (Å²) in [7, 11) is 0. The van der Waals surface area contributed by atoms with Crippen molar-refractivity contribution in [1.82, 2.24) is 4.90 Å². The number of amides is 2. The quantitative estimate of drug-likeness (QED) is 0.705. The predicted octanol–water partition coefficient (Wildman–Crippen LogP) is 4.85. The Morgan fingerprint density at radius 2 is 1.73 bits per heavy atom. The van der Waals surface area contributed by atoms with E-state index >= 15 is 0 Å². The van der Waals surface area contributed by atoms with Gasteiger partial charge in [0.1, 0.15) is 18.2 Å². The summed E-state index contributed by atoms with van der Waals surface area (Å²) in [4.78, 5) is 25.9. The van der Waals surface area contributed by atoms with Gasteiger partial charge in [-0.15, -0.1) is 0 Å². The molecule has 0 atom stereocenters. The van der Waals surface area contributed by atoms with Gasteiger partial charge in [-0.05, 0) is 67.1 Å². The first-order valence-corrected chi connectivity index (χ1v) is 9.00. The zero-order valence-corrected chi connectivity index (χ0v) is 15.3. The summed E-state index contributed by atoms with van der Waals surface area (Å²) in [5, 5.41) is -0.240. The lowest BCUT2D eigenvalue weighted by Gasteiger charge is -2.16. The first-order valence-electron chi connectivity index (χ1n) is 8.18. The van der Waals surface area contributed by atoms with E-state index in [0.717, 1.165) is 22.9 Å². The van der Waals surface area contributed by atoms with E-state index in [-0.39, 0.29) is 23.0 Å². The van der Waals surface area contributed by atoms with E-state index in [9.17, 15) is 14.0 Å². The smallest absolute Gasteiger partial charge is 0.293 e. The van der Waals surface area contributed by atoms with Crippen molar-refractivity contribution < 1.29 is 18.7 Å². The zero-order chi connectivity index (χ0) is 18.7. The molecule has 1 fully saturated rings. The largest absolute Gasteiger partial charge is 0.489 e. The molecule has 2 aromatic carbocycles. The maximum Gasteiger partial charge on any atom is 0.293 e. The number of imide groups is 1. The molecule has 0 N–H and O–H groups in total. The molecule has 1 aliphatic rings. The Balaban J connectivity index is 1.65. The molecule has 0 aliphatic carbocycles. The lowest BCUT2D eigenvalue weighted by atomic mass is 10.2. The van der Waals surface area contributed by atoms with Gasteiger partial charge in [-0.25, -0.2) is 4.39 Å². The molecule has 0 saturated carbocycles. The van der Waals surface area contributed by atoms with Crippen LogP contribution in [0.1, 0.15) is 25.0 Å². The molecule has 1 aliphatic heterocycles. The number of ether oxygens (including phenoxy) is 1. The fourth-order valence-corrected chi connectivity index (χ4v) is 3.44. The van der Waals surface area contributed by atoms with Crippen LogP contribution in [0.4, 0.5) is 9.18 Å². The number of thioether (sulfide) groups is 1. The highest BCUT2D eigenvalue weighted by Crippen LogP contribution is 2.33. The van der Waals surface area contributed by atoms with E-state index in [2.05, 4.69) is 0 Å². The molecule has 4 nitrogen and oxygen atoms in total. The van der Waals surface area contributed by atoms with Crippen LogP contribution in [0, 0.1) is 5.82 Å². The molecule has 0 radical (unpaired) electrons. The third-order valence-electron chi connectivity index (χ3n) is 3.84. The van der Waals surface area contributed by atoms with Crippen molar-refractivity contribution in [2.75, 3.05) is 0 Å². The topological polar surface area (TPSA) is 46.6 Å². The first kappa shape index (κ1) is 18.2. The van der Waals surface area contributed by atoms with Gasteiger partial charge in [0.05, 0.1) is 4.91 Å². The van der Waals surface area contributed by atoms with E-state index in [1.54, 1.807) is 30.3 Å². The lowest BCUT2D eigenvalue weighted by Crippen LogP contribution is -2.34. The average Bonchev–Trinajstić information content (AvgIpc) is 2.89. The van der Waals surface area contributed by atoms with Crippen LogP contribution in [-0.4, -0.2) is 22.1 Å². The second-order valence-electron chi connectivity index (χ2n) is 6.13. The van der Waals surface area contributed by atoms with Crippen LogP contribution >= 0.6 is 11.8 Å². The van der Waals surface area contributed by atoms with Gasteiger partial charge in [-0.1, -0.05) is 24.3 Å². The maximum atomic E-state index is 12.9. The average molecular weight is 371 g/mol. The summed E-state index contributed by atoms with van der Waals surface area (Å²) < 4.78 is 18.6. The van der Waals surface area contributed by atoms with Gasteiger partial charge in [0, 0.05) is 6.04 Å². The van der Waals surface area contributed by atoms with Crippen LogP contribution in [0.5, 0.6) is 5.75 Å². The van der Waals surface area contributed by atoms with Crippen LogP contribution in [0.3, 0.4) is 0 Å². The Kier molecular flexibility index (Phi) is 5.42. The molecular formula is C20H18FNO3S. The van der Waals surface area contributed by atoms with Crippen LogP contribution in [0.2, 0.25) is 0 Å². The minimum absolute atomic E-state index is 0.157. The molecule has 134 valence electrons. The van der Waals surface area contributed by atoms with Crippen molar-refractivity contribution >= 4 is 29.0 Å². The Labute approximate surface area is 155 Å². The molecule has 1 heterocycles. The maximum absolute atomic E-state index is 12.9. The van der Waals surface area contributed by atoms with Gasteiger partial charge < -0.3 is 4.74 Å². The first-order chi connectivity index (χ1) is 12.4. The number of rotatable bonds is 5. The highest BCUT2D eigenvalue weighted by Gasteiger charge is 2.36. The van der Waals surface area contributed by atoms with E-state index < -0.39 is 0 Å². The van der Waals surface area contributed by atoms with E-state index in [4.69, 9.17) is 4.74 Å². The number of nitrogens with zero attached hydrogens (tertiary/aromatic N) is 1. The molecule has 2 aromatic rings. The minimum Gasteiger partial charge on any atom is -0.489 e. The Hall–Kier alpha value is -2.60. The SMILES string of the molecule is CC(C)N1C(=O)S/C(=C\c2ccc(OCc3ccc(F)cc3)cc2)C1=O.